The van der Waals surface area contributed by atoms with Crippen molar-refractivity contribution in [2.75, 3.05) is 11.5 Å². The Hall–Kier alpha value is -1.65. The van der Waals surface area contributed by atoms with Crippen molar-refractivity contribution in [3.63, 3.8) is 0 Å². The van der Waals surface area contributed by atoms with Gasteiger partial charge in [0.05, 0.1) is 22.3 Å². The number of benzene rings is 1. The van der Waals surface area contributed by atoms with Crippen LogP contribution < -0.4 is 0 Å². The summed E-state index contributed by atoms with van der Waals surface area (Å²) in [6, 6.07) is 7.36. The molecule has 0 atom stereocenters. The van der Waals surface area contributed by atoms with Crippen LogP contribution in [-0.2, 0) is 16.4 Å². The lowest BCUT2D eigenvalue weighted by atomic mass is 10.2. The van der Waals surface area contributed by atoms with Gasteiger partial charge in [0.2, 0.25) is 0 Å². The van der Waals surface area contributed by atoms with E-state index in [0.717, 1.165) is 5.52 Å². The fourth-order valence-electron chi connectivity index (χ4n) is 1.87. The molecule has 5 nitrogen and oxygen atoms in total. The molecule has 0 saturated carbocycles. The maximum absolute atomic E-state index is 11.6. The van der Waals surface area contributed by atoms with Crippen LogP contribution in [0.5, 0.6) is 0 Å². The number of hydrogen-bond acceptors (Lipinski definition) is 4. The summed E-state index contributed by atoms with van der Waals surface area (Å²) in [6.07, 6.45) is 0. The molecule has 1 heterocycles. The molecule has 0 saturated heterocycles. The Morgan fingerprint density at radius 2 is 2.21 bits per heavy atom. The van der Waals surface area contributed by atoms with E-state index in [0.29, 0.717) is 22.4 Å². The number of fused-ring (bicyclic) bond motifs is 1. The molecular formula is C12H13N3O2S2. The standard InChI is InChI=1S/C12H13N3O2S2/c1-2-19(16,17)7-6-15-10-5-3-4-9(8-13)11(10)14-12(15)18/h3-5H,2,6-7H2,1H3,(H,14,18). The normalized spacial score (nSPS) is 11.6. The second-order valence-corrected chi connectivity index (χ2v) is 6.99. The molecular weight excluding hydrogens is 282 g/mol. The summed E-state index contributed by atoms with van der Waals surface area (Å²) < 4.78 is 25.3. The molecule has 0 bridgehead atoms. The van der Waals surface area contributed by atoms with E-state index in [1.165, 1.54) is 0 Å². The predicted molar refractivity (Wildman–Crippen MR) is 76.2 cm³/mol. The van der Waals surface area contributed by atoms with Crippen molar-refractivity contribution in [1.29, 1.82) is 5.26 Å². The summed E-state index contributed by atoms with van der Waals surface area (Å²) in [5.74, 6) is 0.160. The number of aromatic amines is 1. The lowest BCUT2D eigenvalue weighted by Crippen LogP contribution is -2.14. The van der Waals surface area contributed by atoms with Gasteiger partial charge >= 0.3 is 0 Å². The second kappa shape index (κ2) is 5.15. The average molecular weight is 295 g/mol. The van der Waals surface area contributed by atoms with Crippen LogP contribution in [0.4, 0.5) is 0 Å². The zero-order valence-corrected chi connectivity index (χ0v) is 12.0. The van der Waals surface area contributed by atoms with Gasteiger partial charge in [-0.05, 0) is 24.4 Å². The summed E-state index contributed by atoms with van der Waals surface area (Å²) in [7, 11) is -3.04. The van der Waals surface area contributed by atoms with Crippen molar-refractivity contribution in [1.82, 2.24) is 9.55 Å². The number of nitrogens with zero attached hydrogens (tertiary/aromatic N) is 2. The van der Waals surface area contributed by atoms with Crippen LogP contribution in [0, 0.1) is 16.1 Å². The second-order valence-electron chi connectivity index (χ2n) is 4.13. The van der Waals surface area contributed by atoms with E-state index < -0.39 is 9.84 Å². The minimum absolute atomic E-state index is 0.0432. The summed E-state index contributed by atoms with van der Waals surface area (Å²) in [6.45, 7) is 1.92. The summed E-state index contributed by atoms with van der Waals surface area (Å²) >= 11 is 5.19. The van der Waals surface area contributed by atoms with Gasteiger partial charge in [0, 0.05) is 12.3 Å². The zero-order valence-electron chi connectivity index (χ0n) is 10.4. The fourth-order valence-corrected chi connectivity index (χ4v) is 2.91. The molecule has 7 heteroatoms. The minimum Gasteiger partial charge on any atom is -0.329 e. The molecule has 0 aliphatic heterocycles. The Morgan fingerprint density at radius 3 is 2.84 bits per heavy atom. The molecule has 1 aromatic carbocycles. The minimum atomic E-state index is -3.04. The fraction of sp³-hybridized carbons (Fsp3) is 0.333. The van der Waals surface area contributed by atoms with Gasteiger partial charge in [0.15, 0.2) is 14.6 Å². The summed E-state index contributed by atoms with van der Waals surface area (Å²) in [5.41, 5.74) is 1.92. The number of hydrogen-bond donors (Lipinski definition) is 1. The molecule has 19 heavy (non-hydrogen) atoms. The van der Waals surface area contributed by atoms with Crippen LogP contribution in [0.15, 0.2) is 18.2 Å². The van der Waals surface area contributed by atoms with Gasteiger partial charge in [-0.15, -0.1) is 0 Å². The zero-order chi connectivity index (χ0) is 14.0. The van der Waals surface area contributed by atoms with Crippen LogP contribution in [0.2, 0.25) is 0 Å². The molecule has 2 rings (SSSR count). The van der Waals surface area contributed by atoms with Crippen molar-refractivity contribution >= 4 is 33.1 Å². The maximum atomic E-state index is 11.6. The number of sulfone groups is 1. The molecule has 0 radical (unpaired) electrons. The van der Waals surface area contributed by atoms with E-state index in [4.69, 9.17) is 17.5 Å². The van der Waals surface area contributed by atoms with E-state index in [-0.39, 0.29) is 11.5 Å². The van der Waals surface area contributed by atoms with Crippen LogP contribution in [-0.4, -0.2) is 29.5 Å². The number of aromatic nitrogens is 2. The first-order chi connectivity index (χ1) is 8.98. The Morgan fingerprint density at radius 1 is 1.47 bits per heavy atom. The van der Waals surface area contributed by atoms with Crippen LogP contribution in [0.1, 0.15) is 12.5 Å². The van der Waals surface area contributed by atoms with Gasteiger partial charge in [0.25, 0.3) is 0 Å². The SMILES string of the molecule is CCS(=O)(=O)CCn1c(=S)[nH]c2c(C#N)cccc21. The van der Waals surface area contributed by atoms with Gasteiger partial charge in [-0.3, -0.25) is 0 Å². The third-order valence-electron chi connectivity index (χ3n) is 3.00. The highest BCUT2D eigenvalue weighted by Crippen LogP contribution is 2.18. The highest BCUT2D eigenvalue weighted by atomic mass is 32.2. The Labute approximate surface area is 116 Å². The van der Waals surface area contributed by atoms with Crippen molar-refractivity contribution in [3.05, 3.63) is 28.5 Å². The Balaban J connectivity index is 2.48. The molecule has 2 aromatic rings. The molecule has 0 amide bonds. The number of aryl methyl sites for hydroxylation is 1. The van der Waals surface area contributed by atoms with E-state index in [1.807, 2.05) is 6.07 Å². The number of imidazole rings is 1. The number of rotatable bonds is 4. The van der Waals surface area contributed by atoms with Gasteiger partial charge in [-0.2, -0.15) is 5.26 Å². The third kappa shape index (κ3) is 2.69. The van der Waals surface area contributed by atoms with E-state index in [9.17, 15) is 8.42 Å². The number of para-hydroxylation sites is 1. The van der Waals surface area contributed by atoms with Crippen LogP contribution in [0.25, 0.3) is 11.0 Å². The maximum Gasteiger partial charge on any atom is 0.178 e. The predicted octanol–water partition coefficient (Wildman–Crippen LogP) is 2.01. The topological polar surface area (TPSA) is 78.7 Å². The number of nitriles is 1. The molecule has 1 aromatic heterocycles. The molecule has 1 N–H and O–H groups in total. The van der Waals surface area contributed by atoms with Crippen molar-refractivity contribution in [3.8, 4) is 6.07 Å². The van der Waals surface area contributed by atoms with E-state index in [1.54, 1.807) is 23.6 Å². The number of H-pyrrole nitrogens is 1. The lowest BCUT2D eigenvalue weighted by molar-refractivity contribution is 0.590. The highest BCUT2D eigenvalue weighted by Gasteiger charge is 2.12. The average Bonchev–Trinajstić information content (AvgIpc) is 2.72. The number of nitrogens with one attached hydrogen (secondary N) is 1. The first kappa shape index (κ1) is 13.8. The molecule has 0 fully saturated rings. The molecule has 0 aliphatic carbocycles. The largest absolute Gasteiger partial charge is 0.329 e. The Bertz CT molecular complexity index is 810. The summed E-state index contributed by atoms with van der Waals surface area (Å²) in [5, 5.41) is 9.02. The van der Waals surface area contributed by atoms with Gasteiger partial charge < -0.3 is 9.55 Å². The monoisotopic (exact) mass is 295 g/mol. The Kier molecular flexibility index (Phi) is 3.73. The molecule has 100 valence electrons. The van der Waals surface area contributed by atoms with Crippen molar-refractivity contribution in [2.45, 2.75) is 13.5 Å². The van der Waals surface area contributed by atoms with Gasteiger partial charge in [0.1, 0.15) is 6.07 Å². The van der Waals surface area contributed by atoms with E-state index in [2.05, 4.69) is 11.1 Å². The lowest BCUT2D eigenvalue weighted by Gasteiger charge is -2.04. The molecule has 0 unspecified atom stereocenters. The molecule has 0 spiro atoms. The van der Waals surface area contributed by atoms with Gasteiger partial charge in [-0.1, -0.05) is 13.0 Å². The van der Waals surface area contributed by atoms with Gasteiger partial charge in [-0.25, -0.2) is 8.42 Å². The quantitative estimate of drug-likeness (QED) is 0.875. The highest BCUT2D eigenvalue weighted by molar-refractivity contribution is 7.91. The van der Waals surface area contributed by atoms with E-state index >= 15 is 0 Å². The van der Waals surface area contributed by atoms with Crippen molar-refractivity contribution < 1.29 is 8.42 Å². The van der Waals surface area contributed by atoms with Crippen molar-refractivity contribution in [2.24, 2.45) is 0 Å². The first-order valence-corrected chi connectivity index (χ1v) is 8.03. The van der Waals surface area contributed by atoms with Crippen LogP contribution >= 0.6 is 12.2 Å². The van der Waals surface area contributed by atoms with Crippen LogP contribution in [0.3, 0.4) is 0 Å². The summed E-state index contributed by atoms with van der Waals surface area (Å²) in [4.78, 5) is 2.96. The smallest absolute Gasteiger partial charge is 0.178 e. The third-order valence-corrected chi connectivity index (χ3v) is 5.00. The first-order valence-electron chi connectivity index (χ1n) is 5.80. The molecule has 0 aliphatic rings.